The molecule has 3 aliphatic rings. The molecular formula is C16H28N2O3. The smallest absolute Gasteiger partial charge is 0.228 e. The summed E-state index contributed by atoms with van der Waals surface area (Å²) < 4.78 is 11.4. The van der Waals surface area contributed by atoms with E-state index in [0.717, 1.165) is 52.2 Å². The van der Waals surface area contributed by atoms with E-state index in [-0.39, 0.29) is 17.9 Å². The van der Waals surface area contributed by atoms with Crippen LogP contribution >= 0.6 is 0 Å². The van der Waals surface area contributed by atoms with Gasteiger partial charge < -0.3 is 14.4 Å². The van der Waals surface area contributed by atoms with E-state index in [2.05, 4.69) is 18.7 Å². The van der Waals surface area contributed by atoms with Gasteiger partial charge in [-0.2, -0.15) is 0 Å². The number of hydrogen-bond donors (Lipinski definition) is 0. The highest BCUT2D eigenvalue weighted by Crippen LogP contribution is 2.27. The van der Waals surface area contributed by atoms with Crippen molar-refractivity contribution >= 4 is 5.91 Å². The van der Waals surface area contributed by atoms with Crippen molar-refractivity contribution in [1.82, 2.24) is 9.80 Å². The van der Waals surface area contributed by atoms with Gasteiger partial charge in [-0.25, -0.2) is 0 Å². The first-order valence-corrected chi connectivity index (χ1v) is 8.37. The zero-order chi connectivity index (χ0) is 14.8. The molecule has 21 heavy (non-hydrogen) atoms. The highest BCUT2D eigenvalue weighted by Gasteiger charge is 2.37. The molecule has 3 aliphatic heterocycles. The standard InChI is InChI=1S/C16H28N2O3/c1-12(2)17-6-8-21-15-10-18(5-3-13(15)9-17)16(19)14-4-7-20-11-14/h12-15H,3-11H2,1-2H3. The predicted molar refractivity (Wildman–Crippen MR) is 80.1 cm³/mol. The predicted octanol–water partition coefficient (Wildman–Crippen LogP) is 0.981. The fourth-order valence-electron chi connectivity index (χ4n) is 3.73. The third-order valence-electron chi connectivity index (χ3n) is 5.20. The summed E-state index contributed by atoms with van der Waals surface area (Å²) >= 11 is 0. The minimum absolute atomic E-state index is 0.0829. The van der Waals surface area contributed by atoms with Crippen molar-refractivity contribution in [2.45, 2.75) is 38.8 Å². The summed E-state index contributed by atoms with van der Waals surface area (Å²) in [5.74, 6) is 0.929. The minimum atomic E-state index is 0.0829. The van der Waals surface area contributed by atoms with E-state index in [0.29, 0.717) is 18.6 Å². The van der Waals surface area contributed by atoms with Gasteiger partial charge in [0.1, 0.15) is 0 Å². The fraction of sp³-hybridized carbons (Fsp3) is 0.938. The van der Waals surface area contributed by atoms with Crippen LogP contribution in [0.1, 0.15) is 26.7 Å². The molecule has 3 fully saturated rings. The molecule has 0 aromatic rings. The molecule has 3 rings (SSSR count). The van der Waals surface area contributed by atoms with Crippen LogP contribution in [0.5, 0.6) is 0 Å². The number of carbonyl (C=O) groups excluding carboxylic acids is 1. The third-order valence-corrected chi connectivity index (χ3v) is 5.20. The molecule has 3 unspecified atom stereocenters. The maximum Gasteiger partial charge on any atom is 0.228 e. The molecule has 0 saturated carbocycles. The van der Waals surface area contributed by atoms with Gasteiger partial charge in [0.2, 0.25) is 5.91 Å². The lowest BCUT2D eigenvalue weighted by Gasteiger charge is -2.39. The summed E-state index contributed by atoms with van der Waals surface area (Å²) in [7, 11) is 0. The SMILES string of the molecule is CC(C)N1CCOC2CN(C(=O)C3CCOC3)CCC2C1. The summed E-state index contributed by atoms with van der Waals surface area (Å²) in [5.41, 5.74) is 0. The lowest BCUT2D eigenvalue weighted by molar-refractivity contribution is -0.141. The normalized spacial score (nSPS) is 34.8. The molecule has 0 bridgehead atoms. The molecule has 3 saturated heterocycles. The number of amides is 1. The summed E-state index contributed by atoms with van der Waals surface area (Å²) in [4.78, 5) is 17.0. The van der Waals surface area contributed by atoms with Crippen molar-refractivity contribution in [2.24, 2.45) is 11.8 Å². The zero-order valence-corrected chi connectivity index (χ0v) is 13.3. The van der Waals surface area contributed by atoms with Crippen LogP contribution in [0.2, 0.25) is 0 Å². The minimum Gasteiger partial charge on any atom is -0.381 e. The fourth-order valence-corrected chi connectivity index (χ4v) is 3.73. The summed E-state index contributed by atoms with van der Waals surface area (Å²) in [6, 6.07) is 0.572. The van der Waals surface area contributed by atoms with Crippen molar-refractivity contribution in [3.63, 3.8) is 0 Å². The van der Waals surface area contributed by atoms with Crippen molar-refractivity contribution in [3.05, 3.63) is 0 Å². The molecule has 120 valence electrons. The van der Waals surface area contributed by atoms with Gasteiger partial charge in [-0.05, 0) is 26.7 Å². The molecule has 5 heteroatoms. The van der Waals surface area contributed by atoms with Crippen LogP contribution in [0, 0.1) is 11.8 Å². The van der Waals surface area contributed by atoms with Crippen LogP contribution in [-0.4, -0.2) is 73.9 Å². The molecule has 0 aromatic heterocycles. The maximum atomic E-state index is 12.5. The van der Waals surface area contributed by atoms with Crippen molar-refractivity contribution in [1.29, 1.82) is 0 Å². The molecule has 0 spiro atoms. The van der Waals surface area contributed by atoms with E-state index in [1.807, 2.05) is 4.90 Å². The molecule has 1 amide bonds. The van der Waals surface area contributed by atoms with Crippen molar-refractivity contribution < 1.29 is 14.3 Å². The number of nitrogens with zero attached hydrogens (tertiary/aromatic N) is 2. The largest absolute Gasteiger partial charge is 0.381 e. The molecule has 0 radical (unpaired) electrons. The molecule has 0 aliphatic carbocycles. The van der Waals surface area contributed by atoms with Gasteiger partial charge in [-0.3, -0.25) is 9.69 Å². The third kappa shape index (κ3) is 3.41. The highest BCUT2D eigenvalue weighted by atomic mass is 16.5. The Kier molecular flexibility index (Phi) is 4.82. The van der Waals surface area contributed by atoms with E-state index in [9.17, 15) is 4.79 Å². The highest BCUT2D eigenvalue weighted by molar-refractivity contribution is 5.79. The van der Waals surface area contributed by atoms with Gasteiger partial charge in [-0.1, -0.05) is 0 Å². The summed E-state index contributed by atoms with van der Waals surface area (Å²) in [6.45, 7) is 10.4. The Balaban J connectivity index is 1.59. The first-order valence-electron chi connectivity index (χ1n) is 8.37. The Labute approximate surface area is 127 Å². The second-order valence-corrected chi connectivity index (χ2v) is 6.89. The lowest BCUT2D eigenvalue weighted by Crippen LogP contribution is -2.51. The molecule has 0 aromatic carbocycles. The van der Waals surface area contributed by atoms with Gasteiger partial charge in [-0.15, -0.1) is 0 Å². The van der Waals surface area contributed by atoms with Crippen molar-refractivity contribution in [3.8, 4) is 0 Å². The lowest BCUT2D eigenvalue weighted by atomic mass is 9.92. The van der Waals surface area contributed by atoms with E-state index >= 15 is 0 Å². The number of piperidine rings is 1. The molecule has 0 N–H and O–H groups in total. The second-order valence-electron chi connectivity index (χ2n) is 6.89. The number of hydrogen-bond acceptors (Lipinski definition) is 4. The Bertz CT molecular complexity index is 369. The van der Waals surface area contributed by atoms with Gasteiger partial charge in [0.05, 0.1) is 25.2 Å². The summed E-state index contributed by atoms with van der Waals surface area (Å²) in [6.07, 6.45) is 2.16. The first-order chi connectivity index (χ1) is 10.1. The maximum absolute atomic E-state index is 12.5. The van der Waals surface area contributed by atoms with E-state index in [1.165, 1.54) is 0 Å². The van der Waals surface area contributed by atoms with E-state index < -0.39 is 0 Å². The van der Waals surface area contributed by atoms with Crippen LogP contribution in [0.15, 0.2) is 0 Å². The average Bonchev–Trinajstić information content (AvgIpc) is 2.92. The van der Waals surface area contributed by atoms with E-state index in [1.54, 1.807) is 0 Å². The Morgan fingerprint density at radius 2 is 2.00 bits per heavy atom. The Morgan fingerprint density at radius 1 is 1.14 bits per heavy atom. The number of rotatable bonds is 2. The van der Waals surface area contributed by atoms with Crippen LogP contribution in [-0.2, 0) is 14.3 Å². The Morgan fingerprint density at radius 3 is 2.71 bits per heavy atom. The van der Waals surface area contributed by atoms with Crippen LogP contribution in [0.4, 0.5) is 0 Å². The molecular weight excluding hydrogens is 268 g/mol. The van der Waals surface area contributed by atoms with Gasteiger partial charge in [0.25, 0.3) is 0 Å². The number of carbonyl (C=O) groups is 1. The van der Waals surface area contributed by atoms with Gasteiger partial charge >= 0.3 is 0 Å². The van der Waals surface area contributed by atoms with Crippen molar-refractivity contribution in [2.75, 3.05) is 46.0 Å². The average molecular weight is 296 g/mol. The van der Waals surface area contributed by atoms with Crippen LogP contribution < -0.4 is 0 Å². The number of ether oxygens (including phenoxy) is 2. The zero-order valence-electron chi connectivity index (χ0n) is 13.3. The molecule has 3 heterocycles. The van der Waals surface area contributed by atoms with Crippen LogP contribution in [0.25, 0.3) is 0 Å². The van der Waals surface area contributed by atoms with Crippen LogP contribution in [0.3, 0.4) is 0 Å². The molecule has 5 nitrogen and oxygen atoms in total. The number of likely N-dealkylation sites (tertiary alicyclic amines) is 1. The number of fused-ring (bicyclic) bond motifs is 1. The quantitative estimate of drug-likeness (QED) is 0.762. The Hall–Kier alpha value is -0.650. The van der Waals surface area contributed by atoms with Gasteiger partial charge in [0.15, 0.2) is 0 Å². The van der Waals surface area contributed by atoms with E-state index in [4.69, 9.17) is 9.47 Å². The topological polar surface area (TPSA) is 42.0 Å². The van der Waals surface area contributed by atoms with Gasteiger partial charge in [0, 0.05) is 44.7 Å². The second kappa shape index (κ2) is 6.63. The monoisotopic (exact) mass is 296 g/mol. The first kappa shape index (κ1) is 15.3. The summed E-state index contributed by atoms with van der Waals surface area (Å²) in [5, 5.41) is 0. The molecule has 3 atom stereocenters.